The summed E-state index contributed by atoms with van der Waals surface area (Å²) in [5, 5.41) is 14.3. The van der Waals surface area contributed by atoms with E-state index in [1.54, 1.807) is 29.7 Å². The molecule has 0 unspecified atom stereocenters. The van der Waals surface area contributed by atoms with E-state index in [0.717, 1.165) is 6.42 Å². The highest BCUT2D eigenvalue weighted by molar-refractivity contribution is 5.91. The van der Waals surface area contributed by atoms with Gasteiger partial charge in [-0.3, -0.25) is 14.8 Å². The van der Waals surface area contributed by atoms with Crippen LogP contribution < -0.4 is 20.9 Å². The van der Waals surface area contributed by atoms with Crippen molar-refractivity contribution in [1.29, 1.82) is 0 Å². The maximum Gasteiger partial charge on any atom is 0.319 e. The molecule has 0 heterocycles. The van der Waals surface area contributed by atoms with E-state index in [1.807, 2.05) is 27.7 Å². The van der Waals surface area contributed by atoms with Crippen LogP contribution in [0.5, 0.6) is 5.75 Å². The van der Waals surface area contributed by atoms with Gasteiger partial charge in [0.25, 0.3) is 5.91 Å². The minimum atomic E-state index is -0.640. The van der Waals surface area contributed by atoms with E-state index in [4.69, 9.17) is 9.94 Å². The molecule has 0 aliphatic rings. The Morgan fingerprint density at radius 2 is 1.87 bits per heavy atom. The maximum atomic E-state index is 12.8. The van der Waals surface area contributed by atoms with E-state index in [2.05, 4.69) is 10.6 Å². The number of anilines is 1. The largest absolute Gasteiger partial charge is 0.495 e. The van der Waals surface area contributed by atoms with Gasteiger partial charge in [0.1, 0.15) is 12.3 Å². The molecule has 9 nitrogen and oxygen atoms in total. The van der Waals surface area contributed by atoms with Gasteiger partial charge in [-0.2, -0.15) is 0 Å². The Morgan fingerprint density at radius 3 is 2.47 bits per heavy atom. The van der Waals surface area contributed by atoms with E-state index in [1.165, 1.54) is 12.0 Å². The molecule has 0 aliphatic heterocycles. The van der Waals surface area contributed by atoms with Crippen LogP contribution in [0.1, 0.15) is 40.5 Å². The molecule has 0 saturated carbocycles. The van der Waals surface area contributed by atoms with Gasteiger partial charge < -0.3 is 20.3 Å². The number of nitrogens with one attached hydrogen (secondary N) is 3. The van der Waals surface area contributed by atoms with Crippen LogP contribution in [-0.4, -0.2) is 54.7 Å². The Balaban J connectivity index is 2.64. The quantitative estimate of drug-likeness (QED) is 0.323. The van der Waals surface area contributed by atoms with Crippen molar-refractivity contribution >= 4 is 23.5 Å². The molecular formula is C21H34N4O5. The monoisotopic (exact) mass is 422 g/mol. The van der Waals surface area contributed by atoms with Gasteiger partial charge in [0, 0.05) is 19.5 Å². The number of hydrogen-bond donors (Lipinski definition) is 4. The minimum Gasteiger partial charge on any atom is -0.495 e. The molecule has 0 aliphatic carbocycles. The van der Waals surface area contributed by atoms with Crippen LogP contribution in [0.25, 0.3) is 0 Å². The van der Waals surface area contributed by atoms with E-state index in [-0.39, 0.29) is 25.4 Å². The summed E-state index contributed by atoms with van der Waals surface area (Å²) in [6.45, 7) is 8.25. The standard InChI is InChI=1S/C21H34N4O5/c1-15(2)10-11-25(13-18(26)24-29)19(27)12-21(3,4)14-22-20(28)23-16-8-6-7-9-17(16)30-5/h6-9,15,29H,10-14H2,1-5H3,(H,24,26)(H2,22,23,28). The number of urea groups is 1. The number of benzene rings is 1. The summed E-state index contributed by atoms with van der Waals surface area (Å²) in [6, 6.07) is 6.66. The smallest absolute Gasteiger partial charge is 0.319 e. The van der Waals surface area contributed by atoms with E-state index >= 15 is 0 Å². The average Bonchev–Trinajstić information content (AvgIpc) is 2.69. The van der Waals surface area contributed by atoms with Crippen molar-refractivity contribution in [2.45, 2.75) is 40.5 Å². The minimum absolute atomic E-state index is 0.138. The van der Waals surface area contributed by atoms with Crippen LogP contribution >= 0.6 is 0 Å². The normalized spacial score (nSPS) is 11.0. The number of methoxy groups -OCH3 is 1. The lowest BCUT2D eigenvalue weighted by Gasteiger charge is -2.29. The molecule has 0 saturated heterocycles. The Labute approximate surface area is 178 Å². The van der Waals surface area contributed by atoms with E-state index in [0.29, 0.717) is 23.9 Å². The molecule has 30 heavy (non-hydrogen) atoms. The first kappa shape index (κ1) is 25.2. The number of carbonyl (C=O) groups excluding carboxylic acids is 3. The molecule has 0 fully saturated rings. The molecule has 4 N–H and O–H groups in total. The molecule has 1 rings (SSSR count). The number of rotatable bonds is 11. The Morgan fingerprint density at radius 1 is 1.20 bits per heavy atom. The first-order chi connectivity index (χ1) is 14.1. The fourth-order valence-electron chi connectivity index (χ4n) is 2.73. The fourth-order valence-corrected chi connectivity index (χ4v) is 2.73. The third-order valence-corrected chi connectivity index (χ3v) is 4.50. The van der Waals surface area contributed by atoms with Gasteiger partial charge in [-0.25, -0.2) is 10.3 Å². The summed E-state index contributed by atoms with van der Waals surface area (Å²) in [6.07, 6.45) is 0.878. The lowest BCUT2D eigenvalue weighted by atomic mass is 9.88. The zero-order valence-electron chi connectivity index (χ0n) is 18.4. The predicted octanol–water partition coefficient (Wildman–Crippen LogP) is 2.61. The lowest BCUT2D eigenvalue weighted by Crippen LogP contribution is -2.44. The molecule has 0 radical (unpaired) electrons. The van der Waals surface area contributed by atoms with Gasteiger partial charge in [-0.15, -0.1) is 0 Å². The Hall–Kier alpha value is -2.81. The second kappa shape index (κ2) is 12.0. The van der Waals surface area contributed by atoms with Gasteiger partial charge in [-0.05, 0) is 29.9 Å². The van der Waals surface area contributed by atoms with Crippen LogP contribution in [0.2, 0.25) is 0 Å². The summed E-state index contributed by atoms with van der Waals surface area (Å²) >= 11 is 0. The molecule has 0 bridgehead atoms. The summed E-state index contributed by atoms with van der Waals surface area (Å²) in [4.78, 5) is 38.0. The van der Waals surface area contributed by atoms with Gasteiger partial charge in [0.2, 0.25) is 5.91 Å². The summed E-state index contributed by atoms with van der Waals surface area (Å²) in [5.41, 5.74) is 1.57. The molecule has 0 atom stereocenters. The number of para-hydroxylation sites is 2. The highest BCUT2D eigenvalue weighted by Gasteiger charge is 2.27. The van der Waals surface area contributed by atoms with Crippen LogP contribution in [0.15, 0.2) is 24.3 Å². The van der Waals surface area contributed by atoms with Crippen LogP contribution in [0.4, 0.5) is 10.5 Å². The zero-order chi connectivity index (χ0) is 22.7. The Kier molecular flexibility index (Phi) is 10.1. The van der Waals surface area contributed by atoms with Crippen molar-refractivity contribution in [3.8, 4) is 5.75 Å². The molecule has 168 valence electrons. The highest BCUT2D eigenvalue weighted by atomic mass is 16.5. The van der Waals surface area contributed by atoms with Crippen molar-refractivity contribution in [1.82, 2.24) is 15.7 Å². The van der Waals surface area contributed by atoms with Gasteiger partial charge in [-0.1, -0.05) is 39.8 Å². The van der Waals surface area contributed by atoms with Crippen molar-refractivity contribution in [2.75, 3.05) is 32.1 Å². The average molecular weight is 423 g/mol. The summed E-state index contributed by atoms with van der Waals surface area (Å²) in [5.74, 6) is 0.0614. The molecule has 9 heteroatoms. The number of hydrogen-bond acceptors (Lipinski definition) is 5. The number of hydroxylamine groups is 1. The summed E-state index contributed by atoms with van der Waals surface area (Å²) in [7, 11) is 1.52. The predicted molar refractivity (Wildman–Crippen MR) is 114 cm³/mol. The van der Waals surface area contributed by atoms with Crippen molar-refractivity contribution in [3.63, 3.8) is 0 Å². The molecule has 0 spiro atoms. The first-order valence-electron chi connectivity index (χ1n) is 9.96. The number of ether oxygens (including phenoxy) is 1. The third-order valence-electron chi connectivity index (χ3n) is 4.50. The van der Waals surface area contributed by atoms with Crippen LogP contribution in [0.3, 0.4) is 0 Å². The first-order valence-corrected chi connectivity index (χ1v) is 9.96. The third kappa shape index (κ3) is 9.13. The lowest BCUT2D eigenvalue weighted by molar-refractivity contribution is -0.140. The van der Waals surface area contributed by atoms with Crippen molar-refractivity contribution < 1.29 is 24.3 Å². The number of nitrogens with zero attached hydrogens (tertiary/aromatic N) is 1. The van der Waals surface area contributed by atoms with Crippen molar-refractivity contribution in [3.05, 3.63) is 24.3 Å². The highest BCUT2D eigenvalue weighted by Crippen LogP contribution is 2.24. The van der Waals surface area contributed by atoms with Crippen LogP contribution in [-0.2, 0) is 9.59 Å². The number of amides is 4. The number of carbonyl (C=O) groups is 3. The molecule has 1 aromatic rings. The van der Waals surface area contributed by atoms with Gasteiger partial charge >= 0.3 is 6.03 Å². The zero-order valence-corrected chi connectivity index (χ0v) is 18.4. The van der Waals surface area contributed by atoms with E-state index in [9.17, 15) is 14.4 Å². The van der Waals surface area contributed by atoms with Crippen LogP contribution in [0, 0.1) is 11.3 Å². The van der Waals surface area contributed by atoms with E-state index < -0.39 is 17.4 Å². The molecule has 1 aromatic carbocycles. The SMILES string of the molecule is COc1ccccc1NC(=O)NCC(C)(C)CC(=O)N(CCC(C)C)CC(=O)NO. The molecular weight excluding hydrogens is 388 g/mol. The molecule has 4 amide bonds. The fraction of sp³-hybridized carbons (Fsp3) is 0.571. The second-order valence-electron chi connectivity index (χ2n) is 8.38. The molecule has 0 aromatic heterocycles. The second-order valence-corrected chi connectivity index (χ2v) is 8.38. The summed E-state index contributed by atoms with van der Waals surface area (Å²) < 4.78 is 5.21. The van der Waals surface area contributed by atoms with Gasteiger partial charge in [0.15, 0.2) is 0 Å². The maximum absolute atomic E-state index is 12.8. The Bertz CT molecular complexity index is 721. The van der Waals surface area contributed by atoms with Gasteiger partial charge in [0.05, 0.1) is 12.8 Å². The topological polar surface area (TPSA) is 120 Å². The van der Waals surface area contributed by atoms with Crippen molar-refractivity contribution in [2.24, 2.45) is 11.3 Å².